The van der Waals surface area contributed by atoms with E-state index in [1.54, 1.807) is 30.2 Å². The van der Waals surface area contributed by atoms with Crippen molar-refractivity contribution in [2.75, 3.05) is 31.6 Å². The monoisotopic (exact) mass is 382 g/mol. The van der Waals surface area contributed by atoms with Crippen LogP contribution < -0.4 is 9.64 Å². The Hall–Kier alpha value is -2.40. The van der Waals surface area contributed by atoms with Gasteiger partial charge >= 0.3 is 0 Å². The molecular weight excluding hydrogens is 355 g/mol. The van der Waals surface area contributed by atoms with Crippen molar-refractivity contribution < 1.29 is 13.9 Å². The fourth-order valence-corrected chi connectivity index (χ4v) is 4.56. The SMILES string of the molecule is COc1ccccc1CC1CCN(C2CCN(c3ccccc3F)C2=O)CC1. The van der Waals surface area contributed by atoms with Gasteiger partial charge in [-0.05, 0) is 68.5 Å². The number of carbonyl (C=O) groups is 1. The maximum Gasteiger partial charge on any atom is 0.244 e. The molecule has 5 heteroatoms. The van der Waals surface area contributed by atoms with Crippen LogP contribution in [0.4, 0.5) is 10.1 Å². The highest BCUT2D eigenvalue weighted by molar-refractivity contribution is 5.99. The number of nitrogens with zero attached hydrogens (tertiary/aromatic N) is 2. The molecule has 28 heavy (non-hydrogen) atoms. The first-order chi connectivity index (χ1) is 13.7. The van der Waals surface area contributed by atoms with Crippen LogP contribution in [0.25, 0.3) is 0 Å². The molecule has 2 aliphatic heterocycles. The summed E-state index contributed by atoms with van der Waals surface area (Å²) in [5.74, 6) is 1.27. The zero-order valence-electron chi connectivity index (χ0n) is 16.3. The van der Waals surface area contributed by atoms with Gasteiger partial charge in [-0.2, -0.15) is 0 Å². The summed E-state index contributed by atoms with van der Waals surface area (Å²) in [5, 5.41) is 0. The molecular formula is C23H27FN2O2. The molecule has 4 nitrogen and oxygen atoms in total. The van der Waals surface area contributed by atoms with E-state index in [1.807, 2.05) is 12.1 Å². The van der Waals surface area contributed by atoms with E-state index in [0.29, 0.717) is 18.2 Å². The summed E-state index contributed by atoms with van der Waals surface area (Å²) in [7, 11) is 1.72. The standard InChI is InChI=1S/C23H27FN2O2/c1-28-22-9-5-2-6-18(22)16-17-10-13-25(14-11-17)21-12-15-26(23(21)27)20-8-4-3-7-19(20)24/h2-9,17,21H,10-16H2,1H3. The van der Waals surface area contributed by atoms with E-state index in [1.165, 1.54) is 11.6 Å². The number of ether oxygens (including phenoxy) is 1. The minimum absolute atomic E-state index is 0.0354. The fraction of sp³-hybridized carbons (Fsp3) is 0.435. The fourth-order valence-electron chi connectivity index (χ4n) is 4.56. The number of amides is 1. The Morgan fingerprint density at radius 3 is 2.46 bits per heavy atom. The second kappa shape index (κ2) is 8.31. The number of halogens is 1. The van der Waals surface area contributed by atoms with Crippen LogP contribution in [0.15, 0.2) is 48.5 Å². The van der Waals surface area contributed by atoms with E-state index in [9.17, 15) is 9.18 Å². The average Bonchev–Trinajstić information content (AvgIpc) is 3.10. The van der Waals surface area contributed by atoms with Crippen molar-refractivity contribution in [1.29, 1.82) is 0 Å². The van der Waals surface area contributed by atoms with Crippen LogP contribution in [0, 0.1) is 11.7 Å². The van der Waals surface area contributed by atoms with Crippen LogP contribution in [-0.4, -0.2) is 43.6 Å². The Morgan fingerprint density at radius 1 is 1.00 bits per heavy atom. The molecule has 2 aliphatic rings. The molecule has 2 saturated heterocycles. The van der Waals surface area contributed by atoms with E-state index in [4.69, 9.17) is 4.74 Å². The number of hydrogen-bond acceptors (Lipinski definition) is 3. The van der Waals surface area contributed by atoms with Crippen LogP contribution in [-0.2, 0) is 11.2 Å². The lowest BCUT2D eigenvalue weighted by Gasteiger charge is -2.35. The third kappa shape index (κ3) is 3.76. The number of anilines is 1. The predicted octanol–water partition coefficient (Wildman–Crippen LogP) is 3.89. The summed E-state index contributed by atoms with van der Waals surface area (Å²) in [6.45, 7) is 2.42. The van der Waals surface area contributed by atoms with Gasteiger partial charge in [0.15, 0.2) is 0 Å². The number of methoxy groups -OCH3 is 1. The molecule has 4 rings (SSSR count). The van der Waals surface area contributed by atoms with Gasteiger partial charge in [-0.1, -0.05) is 30.3 Å². The molecule has 148 valence electrons. The van der Waals surface area contributed by atoms with Crippen molar-refractivity contribution in [3.63, 3.8) is 0 Å². The van der Waals surface area contributed by atoms with Crippen molar-refractivity contribution >= 4 is 11.6 Å². The summed E-state index contributed by atoms with van der Waals surface area (Å²) in [4.78, 5) is 16.8. The maximum atomic E-state index is 14.1. The topological polar surface area (TPSA) is 32.8 Å². The number of para-hydroxylation sites is 2. The van der Waals surface area contributed by atoms with Crippen molar-refractivity contribution in [1.82, 2.24) is 4.90 Å². The second-order valence-electron chi connectivity index (χ2n) is 7.74. The lowest BCUT2D eigenvalue weighted by Crippen LogP contribution is -2.46. The lowest BCUT2D eigenvalue weighted by molar-refractivity contribution is -0.122. The molecule has 2 aromatic carbocycles. The van der Waals surface area contributed by atoms with Gasteiger partial charge in [-0.3, -0.25) is 9.69 Å². The van der Waals surface area contributed by atoms with Gasteiger partial charge in [-0.15, -0.1) is 0 Å². The number of likely N-dealkylation sites (tertiary alicyclic amines) is 1. The van der Waals surface area contributed by atoms with Gasteiger partial charge in [0.1, 0.15) is 11.6 Å². The van der Waals surface area contributed by atoms with Gasteiger partial charge in [0, 0.05) is 6.54 Å². The minimum atomic E-state index is -0.327. The number of hydrogen-bond donors (Lipinski definition) is 0. The quantitative estimate of drug-likeness (QED) is 0.786. The zero-order chi connectivity index (χ0) is 19.5. The largest absolute Gasteiger partial charge is 0.496 e. The van der Waals surface area contributed by atoms with Gasteiger partial charge in [-0.25, -0.2) is 4.39 Å². The molecule has 2 fully saturated rings. The molecule has 0 spiro atoms. The first-order valence-corrected chi connectivity index (χ1v) is 10.1. The summed E-state index contributed by atoms with van der Waals surface area (Å²) in [6.07, 6.45) is 3.92. The summed E-state index contributed by atoms with van der Waals surface area (Å²) < 4.78 is 19.6. The van der Waals surface area contributed by atoms with Gasteiger partial charge in [0.2, 0.25) is 5.91 Å². The maximum absolute atomic E-state index is 14.1. The second-order valence-corrected chi connectivity index (χ2v) is 7.74. The van der Waals surface area contributed by atoms with Crippen molar-refractivity contribution in [2.24, 2.45) is 5.92 Å². The van der Waals surface area contributed by atoms with E-state index >= 15 is 0 Å². The Kier molecular flexibility index (Phi) is 5.62. The number of piperidine rings is 1. The van der Waals surface area contributed by atoms with Gasteiger partial charge < -0.3 is 9.64 Å². The Bertz CT molecular complexity index is 833. The van der Waals surface area contributed by atoms with Crippen LogP contribution in [0.1, 0.15) is 24.8 Å². The first kappa shape index (κ1) is 18.9. The molecule has 2 heterocycles. The molecule has 0 N–H and O–H groups in total. The molecule has 1 atom stereocenters. The highest BCUT2D eigenvalue weighted by Gasteiger charge is 2.38. The molecule has 0 bridgehead atoms. The average molecular weight is 382 g/mol. The molecule has 0 radical (unpaired) electrons. The van der Waals surface area contributed by atoms with Crippen molar-refractivity contribution in [2.45, 2.75) is 31.7 Å². The lowest BCUT2D eigenvalue weighted by atomic mass is 9.89. The Morgan fingerprint density at radius 2 is 1.71 bits per heavy atom. The van der Waals surface area contributed by atoms with E-state index in [2.05, 4.69) is 17.0 Å². The molecule has 1 amide bonds. The van der Waals surface area contributed by atoms with Crippen LogP contribution >= 0.6 is 0 Å². The Labute approximate surface area is 165 Å². The number of benzene rings is 2. The molecule has 2 aromatic rings. The van der Waals surface area contributed by atoms with Gasteiger partial charge in [0.25, 0.3) is 0 Å². The van der Waals surface area contributed by atoms with Crippen LogP contribution in [0.5, 0.6) is 5.75 Å². The third-order valence-corrected chi connectivity index (χ3v) is 6.11. The molecule has 1 unspecified atom stereocenters. The summed E-state index contributed by atoms with van der Waals surface area (Å²) in [5.41, 5.74) is 1.66. The predicted molar refractivity (Wildman–Crippen MR) is 108 cm³/mol. The highest BCUT2D eigenvalue weighted by Crippen LogP contribution is 2.31. The van der Waals surface area contributed by atoms with E-state index in [-0.39, 0.29) is 17.8 Å². The molecule has 0 saturated carbocycles. The normalized spacial score (nSPS) is 21.3. The highest BCUT2D eigenvalue weighted by atomic mass is 19.1. The number of rotatable bonds is 5. The summed E-state index contributed by atoms with van der Waals surface area (Å²) in [6, 6.07) is 14.6. The minimum Gasteiger partial charge on any atom is -0.496 e. The van der Waals surface area contributed by atoms with Crippen molar-refractivity contribution in [3.8, 4) is 5.75 Å². The van der Waals surface area contributed by atoms with Crippen LogP contribution in [0.3, 0.4) is 0 Å². The molecule has 0 aromatic heterocycles. The smallest absolute Gasteiger partial charge is 0.244 e. The van der Waals surface area contributed by atoms with E-state index < -0.39 is 0 Å². The number of carbonyl (C=O) groups excluding carboxylic acids is 1. The third-order valence-electron chi connectivity index (χ3n) is 6.11. The molecule has 0 aliphatic carbocycles. The zero-order valence-corrected chi connectivity index (χ0v) is 16.3. The van der Waals surface area contributed by atoms with Crippen molar-refractivity contribution in [3.05, 3.63) is 59.9 Å². The Balaban J connectivity index is 1.35. The van der Waals surface area contributed by atoms with Crippen LogP contribution in [0.2, 0.25) is 0 Å². The van der Waals surface area contributed by atoms with Gasteiger partial charge in [0.05, 0.1) is 18.8 Å². The first-order valence-electron chi connectivity index (χ1n) is 10.1. The van der Waals surface area contributed by atoms with E-state index in [0.717, 1.165) is 44.5 Å². The summed E-state index contributed by atoms with van der Waals surface area (Å²) >= 11 is 0.